The zero-order valence-corrected chi connectivity index (χ0v) is 22.3. The summed E-state index contributed by atoms with van der Waals surface area (Å²) in [6.45, 7) is 0. The Balaban J connectivity index is 1.45. The molecule has 0 radical (unpaired) electrons. The van der Waals surface area contributed by atoms with Gasteiger partial charge in [0.2, 0.25) is 0 Å². The van der Waals surface area contributed by atoms with Crippen LogP contribution in [0.3, 0.4) is 0 Å². The first-order chi connectivity index (χ1) is 19.5. The maximum Gasteiger partial charge on any atom is 0.165 e. The van der Waals surface area contributed by atoms with Crippen molar-refractivity contribution in [3.63, 3.8) is 0 Å². The maximum absolute atomic E-state index is 11.4. The summed E-state index contributed by atoms with van der Waals surface area (Å²) in [5, 5.41) is 11.4. The van der Waals surface area contributed by atoms with E-state index in [0.717, 1.165) is 28.2 Å². The van der Waals surface area contributed by atoms with Gasteiger partial charge in [-0.3, -0.25) is 0 Å². The number of hydrogen-bond acceptors (Lipinski definition) is 8. The van der Waals surface area contributed by atoms with Crippen LogP contribution in [0.5, 0.6) is 11.5 Å². The van der Waals surface area contributed by atoms with E-state index in [0.29, 0.717) is 29.8 Å². The molecule has 204 valence electrons. The Morgan fingerprint density at radius 2 is 1.40 bits per heavy atom. The van der Waals surface area contributed by atoms with E-state index in [-0.39, 0.29) is 6.04 Å². The van der Waals surface area contributed by atoms with Crippen LogP contribution in [-0.4, -0.2) is 51.1 Å². The molecular formula is C31H31N5O4. The number of fused-ring (bicyclic) bond motifs is 1. The van der Waals surface area contributed by atoms with Crippen molar-refractivity contribution in [2.24, 2.45) is 0 Å². The molecule has 0 amide bonds. The van der Waals surface area contributed by atoms with Crippen molar-refractivity contribution in [2.75, 3.05) is 20.0 Å². The van der Waals surface area contributed by atoms with Gasteiger partial charge in [-0.2, -0.15) is 0 Å². The van der Waals surface area contributed by atoms with E-state index < -0.39 is 17.8 Å². The molecule has 9 nitrogen and oxygen atoms in total. The first kappa shape index (κ1) is 25.8. The van der Waals surface area contributed by atoms with E-state index >= 15 is 0 Å². The number of benzene rings is 3. The number of nitrogens with zero attached hydrogens (tertiary/aromatic N) is 4. The standard InChI is InChI=1S/C31H31N5O4/c1-38-24-12-8-21(9-13-24)31(20-6-4-3-5-7-20,22-10-14-25(39-2)15-11-22)40-27-17-23(16-26(27)37)36-19-35-28-29(32)33-18-34-30(28)36/h3-15,18-19,23,26-27,37H,16-17H2,1-2H3,(H2,32,33,34)/t23-,26-,27-/m0/s1. The van der Waals surface area contributed by atoms with Crippen molar-refractivity contribution < 1.29 is 19.3 Å². The van der Waals surface area contributed by atoms with Gasteiger partial charge in [0.15, 0.2) is 11.5 Å². The monoisotopic (exact) mass is 537 g/mol. The number of anilines is 1. The van der Waals surface area contributed by atoms with Gasteiger partial charge in [-0.25, -0.2) is 15.0 Å². The molecule has 0 spiro atoms. The molecule has 2 aromatic heterocycles. The predicted octanol–water partition coefficient (Wildman–Crippen LogP) is 4.50. The van der Waals surface area contributed by atoms with Gasteiger partial charge in [0, 0.05) is 6.04 Å². The van der Waals surface area contributed by atoms with Crippen LogP contribution in [0, 0.1) is 0 Å². The third-order valence-electron chi connectivity index (χ3n) is 7.73. The summed E-state index contributed by atoms with van der Waals surface area (Å²) in [4.78, 5) is 12.9. The highest BCUT2D eigenvalue weighted by atomic mass is 16.5. The smallest absolute Gasteiger partial charge is 0.165 e. The van der Waals surface area contributed by atoms with Gasteiger partial charge < -0.3 is 29.6 Å². The highest BCUT2D eigenvalue weighted by molar-refractivity contribution is 5.81. The second kappa shape index (κ2) is 10.6. The zero-order chi connectivity index (χ0) is 27.7. The van der Waals surface area contributed by atoms with E-state index in [1.807, 2.05) is 71.3 Å². The molecule has 1 aliphatic carbocycles. The Kier molecular flexibility index (Phi) is 6.83. The van der Waals surface area contributed by atoms with Crippen molar-refractivity contribution in [3.05, 3.63) is 108 Å². The number of imidazole rings is 1. The van der Waals surface area contributed by atoms with E-state index in [1.165, 1.54) is 6.33 Å². The third kappa shape index (κ3) is 4.43. The molecule has 3 aromatic carbocycles. The average molecular weight is 538 g/mol. The van der Waals surface area contributed by atoms with Gasteiger partial charge in [-0.15, -0.1) is 0 Å². The molecule has 0 unspecified atom stereocenters. The molecule has 1 saturated carbocycles. The molecule has 9 heteroatoms. The Bertz CT molecular complexity index is 1540. The Morgan fingerprint density at radius 3 is 2.00 bits per heavy atom. The number of methoxy groups -OCH3 is 2. The molecule has 2 heterocycles. The summed E-state index contributed by atoms with van der Waals surface area (Å²) < 4.78 is 20.0. The zero-order valence-electron chi connectivity index (χ0n) is 22.3. The van der Waals surface area contributed by atoms with Crippen LogP contribution in [0.4, 0.5) is 5.82 Å². The summed E-state index contributed by atoms with van der Waals surface area (Å²) in [7, 11) is 3.29. The van der Waals surface area contributed by atoms with Crippen molar-refractivity contribution in [3.8, 4) is 11.5 Å². The Labute approximate surface area is 232 Å². The number of aromatic nitrogens is 4. The van der Waals surface area contributed by atoms with Crippen molar-refractivity contribution >= 4 is 17.0 Å². The largest absolute Gasteiger partial charge is 0.497 e. The first-order valence-electron chi connectivity index (χ1n) is 13.2. The van der Waals surface area contributed by atoms with Crippen LogP contribution in [0.2, 0.25) is 0 Å². The molecule has 0 saturated heterocycles. The molecule has 3 atom stereocenters. The number of aliphatic hydroxyl groups excluding tert-OH is 1. The van der Waals surface area contributed by atoms with E-state index in [4.69, 9.17) is 19.9 Å². The van der Waals surface area contributed by atoms with Crippen molar-refractivity contribution in [1.82, 2.24) is 19.5 Å². The number of nitrogens with two attached hydrogens (primary N) is 1. The predicted molar refractivity (Wildman–Crippen MR) is 151 cm³/mol. The van der Waals surface area contributed by atoms with Gasteiger partial charge in [-0.1, -0.05) is 54.6 Å². The lowest BCUT2D eigenvalue weighted by Crippen LogP contribution is -2.39. The summed E-state index contributed by atoms with van der Waals surface area (Å²) in [6.07, 6.45) is 2.97. The van der Waals surface area contributed by atoms with Gasteiger partial charge in [0.05, 0.1) is 32.8 Å². The molecule has 1 fully saturated rings. The molecule has 40 heavy (non-hydrogen) atoms. The number of ether oxygens (including phenoxy) is 3. The van der Waals surface area contributed by atoms with Crippen LogP contribution in [0.25, 0.3) is 11.2 Å². The Morgan fingerprint density at radius 1 is 0.800 bits per heavy atom. The fourth-order valence-corrected chi connectivity index (χ4v) is 5.70. The Hall–Kier alpha value is -4.47. The summed E-state index contributed by atoms with van der Waals surface area (Å²) in [5.74, 6) is 1.82. The van der Waals surface area contributed by atoms with Crippen molar-refractivity contribution in [1.29, 1.82) is 0 Å². The molecule has 5 aromatic rings. The topological polar surface area (TPSA) is 118 Å². The molecule has 6 rings (SSSR count). The van der Waals surface area contributed by atoms with Gasteiger partial charge >= 0.3 is 0 Å². The van der Waals surface area contributed by atoms with Gasteiger partial charge in [-0.05, 0) is 53.8 Å². The van der Waals surface area contributed by atoms with Gasteiger partial charge in [0.1, 0.15) is 28.9 Å². The summed E-state index contributed by atoms with van der Waals surface area (Å²) >= 11 is 0. The second-order valence-electron chi connectivity index (χ2n) is 9.94. The highest BCUT2D eigenvalue weighted by Crippen LogP contribution is 2.46. The second-order valence-corrected chi connectivity index (χ2v) is 9.94. The third-order valence-corrected chi connectivity index (χ3v) is 7.73. The minimum Gasteiger partial charge on any atom is -0.497 e. The molecule has 1 aliphatic rings. The fourth-order valence-electron chi connectivity index (χ4n) is 5.70. The van der Waals surface area contributed by atoms with Crippen LogP contribution in [-0.2, 0) is 10.3 Å². The van der Waals surface area contributed by atoms with Crippen LogP contribution < -0.4 is 15.2 Å². The number of nitrogen functional groups attached to an aromatic ring is 1. The minimum absolute atomic E-state index is 0.0838. The van der Waals surface area contributed by atoms with Crippen LogP contribution >= 0.6 is 0 Å². The summed E-state index contributed by atoms with van der Waals surface area (Å²) in [6, 6.07) is 25.7. The average Bonchev–Trinajstić information content (AvgIpc) is 3.60. The van der Waals surface area contributed by atoms with E-state index in [9.17, 15) is 5.11 Å². The number of hydrogen-bond donors (Lipinski definition) is 2. The van der Waals surface area contributed by atoms with E-state index in [2.05, 4.69) is 27.1 Å². The SMILES string of the molecule is COc1ccc(C(O[C@H]2C[C@@H](n3cnc4c(N)ncnc43)C[C@@H]2O)(c2ccccc2)c2ccc(OC)cc2)cc1. The minimum atomic E-state index is -1.02. The van der Waals surface area contributed by atoms with Gasteiger partial charge in [0.25, 0.3) is 0 Å². The fraction of sp³-hybridized carbons (Fsp3) is 0.258. The lowest BCUT2D eigenvalue weighted by Gasteiger charge is -2.39. The van der Waals surface area contributed by atoms with E-state index in [1.54, 1.807) is 20.5 Å². The van der Waals surface area contributed by atoms with Crippen molar-refractivity contribution in [2.45, 2.75) is 36.7 Å². The number of rotatable bonds is 8. The lowest BCUT2D eigenvalue weighted by atomic mass is 9.79. The molecule has 0 aliphatic heterocycles. The lowest BCUT2D eigenvalue weighted by molar-refractivity contribution is -0.0889. The maximum atomic E-state index is 11.4. The molecular weight excluding hydrogens is 506 g/mol. The normalized spacial score (nSPS) is 19.1. The number of aliphatic hydroxyl groups is 1. The molecule has 0 bridgehead atoms. The first-order valence-corrected chi connectivity index (χ1v) is 13.2. The quantitative estimate of drug-likeness (QED) is 0.278. The summed E-state index contributed by atoms with van der Waals surface area (Å²) in [5.41, 5.74) is 8.96. The highest BCUT2D eigenvalue weighted by Gasteiger charge is 2.45. The molecule has 3 N–H and O–H groups in total. The van der Waals surface area contributed by atoms with Crippen LogP contribution in [0.15, 0.2) is 91.5 Å². The van der Waals surface area contributed by atoms with Crippen LogP contribution in [0.1, 0.15) is 35.6 Å².